The number of rotatable bonds is 2. The van der Waals surface area contributed by atoms with Gasteiger partial charge in [-0.25, -0.2) is 22.4 Å². The van der Waals surface area contributed by atoms with Gasteiger partial charge in [-0.15, -0.1) is 0 Å². The standard InChI is InChI=1S/C13H8F4N2O/c14-7-1-3-10(16)12(5-7)19-13(20)18-8-2-4-9(15)11(17)6-8/h1-6H,(H2,18,19,20). The van der Waals surface area contributed by atoms with E-state index >= 15 is 0 Å². The molecule has 2 aromatic carbocycles. The Morgan fingerprint density at radius 1 is 0.800 bits per heavy atom. The molecule has 3 nitrogen and oxygen atoms in total. The SMILES string of the molecule is O=C(Nc1ccc(F)c(F)c1)Nc1cc(F)ccc1F. The van der Waals surface area contributed by atoms with Crippen molar-refractivity contribution in [3.8, 4) is 0 Å². The van der Waals surface area contributed by atoms with Gasteiger partial charge >= 0.3 is 6.03 Å². The van der Waals surface area contributed by atoms with E-state index in [1.165, 1.54) is 0 Å². The van der Waals surface area contributed by atoms with Gasteiger partial charge in [-0.2, -0.15) is 0 Å². The lowest BCUT2D eigenvalue weighted by Crippen LogP contribution is -2.20. The molecule has 0 unspecified atom stereocenters. The lowest BCUT2D eigenvalue weighted by atomic mass is 10.3. The lowest BCUT2D eigenvalue weighted by molar-refractivity contribution is 0.262. The van der Waals surface area contributed by atoms with E-state index in [2.05, 4.69) is 10.6 Å². The van der Waals surface area contributed by atoms with Gasteiger partial charge in [0.25, 0.3) is 0 Å². The first-order valence-electron chi connectivity index (χ1n) is 5.44. The maximum absolute atomic E-state index is 13.3. The van der Waals surface area contributed by atoms with Crippen LogP contribution < -0.4 is 10.6 Å². The zero-order valence-corrected chi connectivity index (χ0v) is 9.88. The summed E-state index contributed by atoms with van der Waals surface area (Å²) in [5.41, 5.74) is -0.400. The van der Waals surface area contributed by atoms with E-state index in [0.717, 1.165) is 36.4 Å². The fourth-order valence-electron chi connectivity index (χ4n) is 1.45. The topological polar surface area (TPSA) is 41.1 Å². The molecule has 0 aliphatic carbocycles. The number of urea groups is 1. The molecule has 0 atom stereocenters. The molecule has 0 radical (unpaired) electrons. The molecule has 0 heterocycles. The minimum Gasteiger partial charge on any atom is -0.308 e. The van der Waals surface area contributed by atoms with Crippen molar-refractivity contribution in [3.05, 3.63) is 59.7 Å². The first kappa shape index (κ1) is 13.9. The molecular formula is C13H8F4N2O. The maximum Gasteiger partial charge on any atom is 0.323 e. The van der Waals surface area contributed by atoms with Crippen molar-refractivity contribution >= 4 is 17.4 Å². The summed E-state index contributed by atoms with van der Waals surface area (Å²) in [7, 11) is 0. The smallest absolute Gasteiger partial charge is 0.308 e. The second-order valence-electron chi connectivity index (χ2n) is 3.83. The number of halogens is 4. The number of anilines is 2. The molecule has 0 saturated carbocycles. The molecule has 0 aromatic heterocycles. The van der Waals surface area contributed by atoms with Crippen LogP contribution in [0, 0.1) is 23.3 Å². The van der Waals surface area contributed by atoms with Gasteiger partial charge in [0, 0.05) is 17.8 Å². The molecule has 0 spiro atoms. The van der Waals surface area contributed by atoms with Crippen LogP contribution in [0.4, 0.5) is 33.7 Å². The van der Waals surface area contributed by atoms with Gasteiger partial charge in [0.2, 0.25) is 0 Å². The summed E-state index contributed by atoms with van der Waals surface area (Å²) in [6.45, 7) is 0. The maximum atomic E-state index is 13.3. The van der Waals surface area contributed by atoms with E-state index in [1.54, 1.807) is 0 Å². The van der Waals surface area contributed by atoms with Gasteiger partial charge in [-0.05, 0) is 24.3 Å². The van der Waals surface area contributed by atoms with E-state index < -0.39 is 29.3 Å². The molecule has 0 aliphatic heterocycles. The summed E-state index contributed by atoms with van der Waals surface area (Å²) in [5.74, 6) is -3.76. The molecule has 7 heteroatoms. The monoisotopic (exact) mass is 284 g/mol. The number of benzene rings is 2. The zero-order chi connectivity index (χ0) is 14.7. The number of hydrogen-bond acceptors (Lipinski definition) is 1. The summed E-state index contributed by atoms with van der Waals surface area (Å²) >= 11 is 0. The highest BCUT2D eigenvalue weighted by Gasteiger charge is 2.09. The first-order chi connectivity index (χ1) is 9.45. The van der Waals surface area contributed by atoms with Crippen molar-refractivity contribution in [3.63, 3.8) is 0 Å². The predicted octanol–water partition coefficient (Wildman–Crippen LogP) is 3.89. The quantitative estimate of drug-likeness (QED) is 0.807. The van der Waals surface area contributed by atoms with Crippen molar-refractivity contribution in [1.29, 1.82) is 0 Å². The summed E-state index contributed by atoms with van der Waals surface area (Å²) in [5, 5.41) is 4.21. The normalized spacial score (nSPS) is 10.2. The first-order valence-corrected chi connectivity index (χ1v) is 5.44. The van der Waals surface area contributed by atoms with Crippen molar-refractivity contribution in [2.24, 2.45) is 0 Å². The highest BCUT2D eigenvalue weighted by molar-refractivity contribution is 5.99. The molecule has 2 aromatic rings. The number of carbonyl (C=O) groups is 1. The van der Waals surface area contributed by atoms with Gasteiger partial charge < -0.3 is 10.6 Å². The van der Waals surface area contributed by atoms with Crippen molar-refractivity contribution < 1.29 is 22.4 Å². The molecule has 0 saturated heterocycles. The van der Waals surface area contributed by atoms with Crippen LogP contribution >= 0.6 is 0 Å². The van der Waals surface area contributed by atoms with E-state index in [1.807, 2.05) is 0 Å². The van der Waals surface area contributed by atoms with Crippen LogP contribution in [0.5, 0.6) is 0 Å². The number of carbonyl (C=O) groups excluding carboxylic acids is 1. The number of hydrogen-bond donors (Lipinski definition) is 2. The van der Waals surface area contributed by atoms with Crippen LogP contribution in [0.15, 0.2) is 36.4 Å². The Hall–Kier alpha value is -2.57. The third-order valence-corrected chi connectivity index (χ3v) is 2.35. The van der Waals surface area contributed by atoms with Crippen molar-refractivity contribution in [2.45, 2.75) is 0 Å². The Morgan fingerprint density at radius 3 is 2.20 bits per heavy atom. The van der Waals surface area contributed by atoms with Crippen LogP contribution in [0.25, 0.3) is 0 Å². The van der Waals surface area contributed by atoms with Gasteiger partial charge in [0.15, 0.2) is 11.6 Å². The molecule has 0 aliphatic rings. The largest absolute Gasteiger partial charge is 0.323 e. The van der Waals surface area contributed by atoms with E-state index in [-0.39, 0.29) is 11.4 Å². The zero-order valence-electron chi connectivity index (χ0n) is 9.88. The van der Waals surface area contributed by atoms with Crippen LogP contribution in [0.3, 0.4) is 0 Å². The molecule has 2 rings (SSSR count). The molecule has 0 fully saturated rings. The summed E-state index contributed by atoms with van der Waals surface area (Å²) in [4.78, 5) is 11.5. The lowest BCUT2D eigenvalue weighted by Gasteiger charge is -2.08. The van der Waals surface area contributed by atoms with Crippen molar-refractivity contribution in [2.75, 3.05) is 10.6 Å². The minimum atomic E-state index is -1.14. The van der Waals surface area contributed by atoms with Gasteiger partial charge in [0.1, 0.15) is 11.6 Å². The van der Waals surface area contributed by atoms with Crippen LogP contribution in [-0.4, -0.2) is 6.03 Å². The molecule has 20 heavy (non-hydrogen) atoms. The summed E-state index contributed by atoms with van der Waals surface area (Å²) < 4.78 is 51.8. The van der Waals surface area contributed by atoms with Crippen LogP contribution in [0.1, 0.15) is 0 Å². The second kappa shape index (κ2) is 5.60. The van der Waals surface area contributed by atoms with Gasteiger partial charge in [-0.1, -0.05) is 0 Å². The molecule has 104 valence electrons. The average Bonchev–Trinajstić information content (AvgIpc) is 2.38. The molecule has 0 bridgehead atoms. The van der Waals surface area contributed by atoms with E-state index in [4.69, 9.17) is 0 Å². The minimum absolute atomic E-state index is 0.0294. The third kappa shape index (κ3) is 3.25. The van der Waals surface area contributed by atoms with E-state index in [9.17, 15) is 22.4 Å². The second-order valence-corrected chi connectivity index (χ2v) is 3.83. The summed E-state index contributed by atoms with van der Waals surface area (Å²) in [6.07, 6.45) is 0. The third-order valence-electron chi connectivity index (χ3n) is 2.35. The molecular weight excluding hydrogens is 276 g/mol. The Morgan fingerprint density at radius 2 is 1.50 bits per heavy atom. The van der Waals surface area contributed by atoms with Crippen molar-refractivity contribution in [1.82, 2.24) is 0 Å². The summed E-state index contributed by atoms with van der Waals surface area (Å²) in [6, 6.07) is 4.33. The number of nitrogens with one attached hydrogen (secondary N) is 2. The Labute approximate surface area is 111 Å². The fourth-order valence-corrected chi connectivity index (χ4v) is 1.45. The Kier molecular flexibility index (Phi) is 3.88. The molecule has 2 N–H and O–H groups in total. The molecule has 2 amide bonds. The highest BCUT2D eigenvalue weighted by Crippen LogP contribution is 2.17. The van der Waals surface area contributed by atoms with E-state index in [0.29, 0.717) is 0 Å². The van der Waals surface area contributed by atoms with Crippen LogP contribution in [-0.2, 0) is 0 Å². The highest BCUT2D eigenvalue weighted by atomic mass is 19.2. The fraction of sp³-hybridized carbons (Fsp3) is 0. The average molecular weight is 284 g/mol. The Bertz CT molecular complexity index is 661. The predicted molar refractivity (Wildman–Crippen MR) is 65.4 cm³/mol. The van der Waals surface area contributed by atoms with Gasteiger partial charge in [0.05, 0.1) is 5.69 Å². The van der Waals surface area contributed by atoms with Crippen LogP contribution in [0.2, 0.25) is 0 Å². The Balaban J connectivity index is 2.09. The van der Waals surface area contributed by atoms with Gasteiger partial charge in [-0.3, -0.25) is 0 Å². The number of amides is 2.